The molecule has 0 heterocycles. The Hall–Kier alpha value is -1.87. The lowest BCUT2D eigenvalue weighted by molar-refractivity contribution is 0.567. The summed E-state index contributed by atoms with van der Waals surface area (Å²) in [5, 5.41) is 8.92. The van der Waals surface area contributed by atoms with Crippen LogP contribution in [0.4, 0.5) is 0 Å². The number of halogens is 1. The number of nitrogens with one attached hydrogen (secondary N) is 1. The second kappa shape index (κ2) is 6.27. The van der Waals surface area contributed by atoms with E-state index in [1.807, 2.05) is 36.4 Å². The van der Waals surface area contributed by atoms with Gasteiger partial charge in [0.05, 0.1) is 15.5 Å². The maximum Gasteiger partial charge on any atom is 0.241 e. The van der Waals surface area contributed by atoms with E-state index in [0.717, 1.165) is 5.56 Å². The monoisotopic (exact) mass is 320 g/mol. The number of hydrogen-bond donors (Lipinski definition) is 1. The molecule has 4 nitrogen and oxygen atoms in total. The Balaban J connectivity index is 2.27. The number of sulfonamides is 1. The van der Waals surface area contributed by atoms with Crippen molar-refractivity contribution in [3.05, 3.63) is 64.7 Å². The number of rotatable bonds is 4. The Kier molecular flexibility index (Phi) is 4.63. The molecule has 2 rings (SSSR count). The number of hydrogen-bond acceptors (Lipinski definition) is 3. The molecule has 0 aliphatic rings. The fourth-order valence-corrected chi connectivity index (χ4v) is 3.41. The van der Waals surface area contributed by atoms with E-state index in [2.05, 4.69) is 4.72 Å². The van der Waals surface area contributed by atoms with Crippen LogP contribution >= 0.6 is 11.6 Å². The molecule has 0 aromatic heterocycles. The third-order valence-electron chi connectivity index (χ3n) is 3.00. The van der Waals surface area contributed by atoms with Crippen LogP contribution in [0, 0.1) is 11.3 Å². The maximum atomic E-state index is 12.3. The lowest BCUT2D eigenvalue weighted by Crippen LogP contribution is -2.26. The van der Waals surface area contributed by atoms with Crippen LogP contribution in [-0.2, 0) is 10.0 Å². The van der Waals surface area contributed by atoms with Gasteiger partial charge in [-0.1, -0.05) is 41.9 Å². The van der Waals surface area contributed by atoms with E-state index >= 15 is 0 Å². The molecule has 1 atom stereocenters. The molecule has 2 aromatic carbocycles. The van der Waals surface area contributed by atoms with Crippen molar-refractivity contribution in [2.45, 2.75) is 17.9 Å². The molecule has 21 heavy (non-hydrogen) atoms. The lowest BCUT2D eigenvalue weighted by Gasteiger charge is -2.15. The highest BCUT2D eigenvalue weighted by Crippen LogP contribution is 2.22. The number of nitrogens with zero attached hydrogens (tertiary/aromatic N) is 1. The summed E-state index contributed by atoms with van der Waals surface area (Å²) in [6.45, 7) is 1.76. The zero-order valence-corrected chi connectivity index (χ0v) is 12.8. The van der Waals surface area contributed by atoms with Crippen molar-refractivity contribution in [3.8, 4) is 6.07 Å². The highest BCUT2D eigenvalue weighted by Gasteiger charge is 2.19. The minimum atomic E-state index is -3.70. The second-order valence-corrected chi connectivity index (χ2v) is 6.63. The molecular weight excluding hydrogens is 308 g/mol. The Bertz CT molecular complexity index is 783. The number of benzene rings is 2. The normalized spacial score (nSPS) is 12.6. The van der Waals surface area contributed by atoms with E-state index in [1.54, 1.807) is 6.92 Å². The molecule has 6 heteroatoms. The third-order valence-corrected chi connectivity index (χ3v) is 4.85. The first-order chi connectivity index (χ1) is 9.94. The Morgan fingerprint density at radius 3 is 2.43 bits per heavy atom. The minimum Gasteiger partial charge on any atom is -0.207 e. The molecule has 0 spiro atoms. The van der Waals surface area contributed by atoms with Crippen LogP contribution in [0.15, 0.2) is 53.4 Å². The van der Waals surface area contributed by atoms with E-state index in [0.29, 0.717) is 0 Å². The van der Waals surface area contributed by atoms with Gasteiger partial charge in [-0.15, -0.1) is 0 Å². The van der Waals surface area contributed by atoms with E-state index in [4.69, 9.17) is 16.9 Å². The molecule has 0 aliphatic carbocycles. The summed E-state index contributed by atoms with van der Waals surface area (Å²) in [6.07, 6.45) is 0. The van der Waals surface area contributed by atoms with E-state index < -0.39 is 10.0 Å². The van der Waals surface area contributed by atoms with Crippen LogP contribution in [0.5, 0.6) is 0 Å². The molecular formula is C15H13ClN2O2S. The predicted molar refractivity (Wildman–Crippen MR) is 81.3 cm³/mol. The van der Waals surface area contributed by atoms with Gasteiger partial charge in [0.15, 0.2) is 0 Å². The molecule has 0 bridgehead atoms. The van der Waals surface area contributed by atoms with Gasteiger partial charge in [-0.05, 0) is 30.7 Å². The van der Waals surface area contributed by atoms with Gasteiger partial charge in [-0.2, -0.15) is 5.26 Å². The lowest BCUT2D eigenvalue weighted by atomic mass is 10.1. The van der Waals surface area contributed by atoms with Gasteiger partial charge in [-0.25, -0.2) is 13.1 Å². The molecule has 1 unspecified atom stereocenters. The van der Waals surface area contributed by atoms with Crippen LogP contribution in [-0.4, -0.2) is 8.42 Å². The van der Waals surface area contributed by atoms with Crippen LogP contribution in [0.1, 0.15) is 24.1 Å². The van der Waals surface area contributed by atoms with Gasteiger partial charge >= 0.3 is 0 Å². The highest BCUT2D eigenvalue weighted by atomic mass is 35.5. The molecule has 2 aromatic rings. The molecule has 0 aliphatic heterocycles. The topological polar surface area (TPSA) is 70.0 Å². The van der Waals surface area contributed by atoms with Gasteiger partial charge < -0.3 is 0 Å². The molecule has 0 amide bonds. The minimum absolute atomic E-state index is 0.0364. The summed E-state index contributed by atoms with van der Waals surface area (Å²) in [5.41, 5.74) is 1.10. The first kappa shape index (κ1) is 15.5. The van der Waals surface area contributed by atoms with E-state index in [-0.39, 0.29) is 21.5 Å². The summed E-state index contributed by atoms with van der Waals surface area (Å²) >= 11 is 5.87. The third kappa shape index (κ3) is 3.61. The maximum absolute atomic E-state index is 12.3. The fraction of sp³-hybridized carbons (Fsp3) is 0.133. The molecule has 0 radical (unpaired) electrons. The van der Waals surface area contributed by atoms with Gasteiger partial charge in [0.2, 0.25) is 10.0 Å². The Morgan fingerprint density at radius 2 is 1.86 bits per heavy atom. The first-order valence-electron chi connectivity index (χ1n) is 6.21. The molecule has 0 saturated carbocycles. The first-order valence-corrected chi connectivity index (χ1v) is 8.07. The van der Waals surface area contributed by atoms with Crippen molar-refractivity contribution >= 4 is 21.6 Å². The van der Waals surface area contributed by atoms with E-state index in [1.165, 1.54) is 18.2 Å². The SMILES string of the molecule is CC(NS(=O)(=O)c1ccc(C#N)c(Cl)c1)c1ccccc1. The molecule has 0 fully saturated rings. The van der Waals surface area contributed by atoms with E-state index in [9.17, 15) is 8.42 Å². The summed E-state index contributed by atoms with van der Waals surface area (Å²) < 4.78 is 27.2. The summed E-state index contributed by atoms with van der Waals surface area (Å²) in [6, 6.07) is 14.8. The summed E-state index contributed by atoms with van der Waals surface area (Å²) in [5.74, 6) is 0. The largest absolute Gasteiger partial charge is 0.241 e. The zero-order chi connectivity index (χ0) is 15.5. The molecule has 1 N–H and O–H groups in total. The van der Waals surface area contributed by atoms with Gasteiger partial charge in [-0.3, -0.25) is 0 Å². The van der Waals surface area contributed by atoms with Crippen molar-refractivity contribution in [3.63, 3.8) is 0 Å². The van der Waals surface area contributed by atoms with Crippen LogP contribution < -0.4 is 4.72 Å². The number of nitriles is 1. The molecule has 108 valence electrons. The standard InChI is InChI=1S/C15H13ClN2O2S/c1-11(12-5-3-2-4-6-12)18-21(19,20)14-8-7-13(10-17)15(16)9-14/h2-9,11,18H,1H3. The highest BCUT2D eigenvalue weighted by molar-refractivity contribution is 7.89. The summed E-state index contributed by atoms with van der Waals surface area (Å²) in [4.78, 5) is 0.0364. The van der Waals surface area contributed by atoms with Crippen molar-refractivity contribution in [1.29, 1.82) is 5.26 Å². The average Bonchev–Trinajstić information content (AvgIpc) is 2.47. The summed E-state index contributed by atoms with van der Waals surface area (Å²) in [7, 11) is -3.70. The van der Waals surface area contributed by atoms with Crippen molar-refractivity contribution in [2.75, 3.05) is 0 Å². The average molecular weight is 321 g/mol. The zero-order valence-electron chi connectivity index (χ0n) is 11.2. The van der Waals surface area contributed by atoms with Crippen LogP contribution in [0.25, 0.3) is 0 Å². The second-order valence-electron chi connectivity index (χ2n) is 4.51. The Labute approximate surface area is 129 Å². The van der Waals surface area contributed by atoms with Gasteiger partial charge in [0.1, 0.15) is 6.07 Å². The van der Waals surface area contributed by atoms with Crippen LogP contribution in [0.3, 0.4) is 0 Å². The van der Waals surface area contributed by atoms with Crippen LogP contribution in [0.2, 0.25) is 5.02 Å². The van der Waals surface area contributed by atoms with Crippen molar-refractivity contribution in [1.82, 2.24) is 4.72 Å². The smallest absolute Gasteiger partial charge is 0.207 e. The van der Waals surface area contributed by atoms with Crippen molar-refractivity contribution in [2.24, 2.45) is 0 Å². The fourth-order valence-electron chi connectivity index (χ4n) is 1.86. The molecule has 0 saturated heterocycles. The Morgan fingerprint density at radius 1 is 1.19 bits per heavy atom. The van der Waals surface area contributed by atoms with Gasteiger partial charge in [0.25, 0.3) is 0 Å². The van der Waals surface area contributed by atoms with Gasteiger partial charge in [0, 0.05) is 6.04 Å². The predicted octanol–water partition coefficient (Wildman–Crippen LogP) is 3.25. The quantitative estimate of drug-likeness (QED) is 0.940. The van der Waals surface area contributed by atoms with Crippen molar-refractivity contribution < 1.29 is 8.42 Å².